The molecule has 3 heteroatoms. The first-order chi connectivity index (χ1) is 9.65. The summed E-state index contributed by atoms with van der Waals surface area (Å²) in [4.78, 5) is 6.68. The molecule has 1 fully saturated rings. The number of hydrogen-bond donors (Lipinski definition) is 1. The second-order valence-corrected chi connectivity index (χ2v) is 7.97. The van der Waals surface area contributed by atoms with Crippen LogP contribution in [0.5, 0.6) is 0 Å². The Morgan fingerprint density at radius 1 is 1.25 bits per heavy atom. The molecular weight excluding hydrogens is 264 g/mol. The summed E-state index contributed by atoms with van der Waals surface area (Å²) in [6.45, 7) is 8.11. The smallest absolute Gasteiger partial charge is 0.114 e. The first-order valence-electron chi connectivity index (χ1n) is 8.39. The van der Waals surface area contributed by atoms with Gasteiger partial charge in [-0.3, -0.25) is 0 Å². The van der Waals surface area contributed by atoms with Crippen LogP contribution in [0.15, 0.2) is 0 Å². The second-order valence-electron chi connectivity index (χ2n) is 6.89. The Morgan fingerprint density at radius 2 is 2.05 bits per heavy atom. The van der Waals surface area contributed by atoms with E-state index in [1.165, 1.54) is 55.6 Å². The molecular formula is C17H28N2S. The number of rotatable bonds is 3. The summed E-state index contributed by atoms with van der Waals surface area (Å²) < 4.78 is 0. The summed E-state index contributed by atoms with van der Waals surface area (Å²) in [6, 6.07) is 0. The van der Waals surface area contributed by atoms with Gasteiger partial charge >= 0.3 is 0 Å². The Kier molecular flexibility index (Phi) is 4.19. The summed E-state index contributed by atoms with van der Waals surface area (Å²) in [7, 11) is 0. The first-order valence-corrected chi connectivity index (χ1v) is 9.21. The van der Waals surface area contributed by atoms with Crippen LogP contribution >= 0.6 is 11.3 Å². The predicted octanol–water partition coefficient (Wildman–Crippen LogP) is 4.28. The van der Waals surface area contributed by atoms with E-state index in [0.717, 1.165) is 12.5 Å². The highest BCUT2D eigenvalue weighted by Gasteiger charge is 2.44. The van der Waals surface area contributed by atoms with Crippen molar-refractivity contribution in [2.45, 2.75) is 71.3 Å². The zero-order valence-corrected chi connectivity index (χ0v) is 14.0. The van der Waals surface area contributed by atoms with Crippen molar-refractivity contribution in [1.29, 1.82) is 0 Å². The number of aromatic nitrogens is 1. The minimum absolute atomic E-state index is 0.147. The Hall–Kier alpha value is -0.410. The molecule has 0 bridgehead atoms. The van der Waals surface area contributed by atoms with Crippen LogP contribution < -0.4 is 5.32 Å². The van der Waals surface area contributed by atoms with Crippen molar-refractivity contribution < 1.29 is 0 Å². The van der Waals surface area contributed by atoms with Gasteiger partial charge in [0.2, 0.25) is 0 Å². The van der Waals surface area contributed by atoms with Crippen molar-refractivity contribution in [1.82, 2.24) is 10.3 Å². The zero-order chi connectivity index (χ0) is 14.2. The Bertz CT molecular complexity index is 444. The fourth-order valence-corrected chi connectivity index (χ4v) is 5.55. The van der Waals surface area contributed by atoms with Gasteiger partial charge in [0.15, 0.2) is 0 Å². The molecule has 1 aromatic heterocycles. The lowest BCUT2D eigenvalue weighted by molar-refractivity contribution is 0.120. The third-order valence-corrected chi connectivity index (χ3v) is 6.66. The maximum Gasteiger partial charge on any atom is 0.114 e. The summed E-state index contributed by atoms with van der Waals surface area (Å²) in [5, 5.41) is 5.25. The van der Waals surface area contributed by atoms with Crippen LogP contribution in [0.1, 0.15) is 68.5 Å². The number of thiazole rings is 1. The van der Waals surface area contributed by atoms with Crippen LogP contribution in [0.25, 0.3) is 0 Å². The predicted molar refractivity (Wildman–Crippen MR) is 86.3 cm³/mol. The van der Waals surface area contributed by atoms with Crippen LogP contribution in [0, 0.1) is 11.8 Å². The molecule has 3 atom stereocenters. The van der Waals surface area contributed by atoms with Gasteiger partial charge in [-0.2, -0.15) is 0 Å². The van der Waals surface area contributed by atoms with Gasteiger partial charge < -0.3 is 5.32 Å². The van der Waals surface area contributed by atoms with Crippen LogP contribution in [0.2, 0.25) is 0 Å². The molecule has 0 saturated heterocycles. The molecule has 1 saturated carbocycles. The molecule has 0 aromatic carbocycles. The molecule has 112 valence electrons. The van der Waals surface area contributed by atoms with Crippen molar-refractivity contribution in [2.24, 2.45) is 11.8 Å². The number of fused-ring (bicyclic) bond motifs is 1. The van der Waals surface area contributed by atoms with E-state index in [-0.39, 0.29) is 5.54 Å². The van der Waals surface area contributed by atoms with Gasteiger partial charge in [-0.05, 0) is 56.9 Å². The van der Waals surface area contributed by atoms with Crippen molar-refractivity contribution in [3.05, 3.63) is 15.6 Å². The average Bonchev–Trinajstić information content (AvgIpc) is 2.87. The molecule has 0 radical (unpaired) electrons. The van der Waals surface area contributed by atoms with Crippen LogP contribution in [-0.2, 0) is 18.4 Å². The van der Waals surface area contributed by atoms with Gasteiger partial charge in [-0.1, -0.05) is 27.2 Å². The van der Waals surface area contributed by atoms with Crippen molar-refractivity contribution in [3.8, 4) is 0 Å². The molecule has 2 aliphatic rings. The molecule has 0 spiro atoms. The topological polar surface area (TPSA) is 24.9 Å². The second kappa shape index (κ2) is 5.76. The fourth-order valence-electron chi connectivity index (χ4n) is 4.11. The van der Waals surface area contributed by atoms with Gasteiger partial charge in [0.25, 0.3) is 0 Å². The lowest BCUT2D eigenvalue weighted by Crippen LogP contribution is -2.50. The number of hydrogen-bond acceptors (Lipinski definition) is 3. The summed E-state index contributed by atoms with van der Waals surface area (Å²) in [5.41, 5.74) is 1.56. The van der Waals surface area contributed by atoms with E-state index >= 15 is 0 Å². The Balaban J connectivity index is 1.98. The SMILES string of the molecule is CCNC1(c2nc3c(s2)CCCC3)CC(C)CCC1C. The highest BCUT2D eigenvalue weighted by molar-refractivity contribution is 7.11. The van der Waals surface area contributed by atoms with Crippen molar-refractivity contribution in [3.63, 3.8) is 0 Å². The lowest BCUT2D eigenvalue weighted by atomic mass is 9.70. The molecule has 2 aliphatic carbocycles. The van der Waals surface area contributed by atoms with Crippen molar-refractivity contribution in [2.75, 3.05) is 6.54 Å². The minimum Gasteiger partial charge on any atom is -0.305 e. The maximum absolute atomic E-state index is 5.11. The third-order valence-electron chi connectivity index (χ3n) is 5.32. The maximum atomic E-state index is 5.11. The molecule has 3 unspecified atom stereocenters. The van der Waals surface area contributed by atoms with Gasteiger partial charge in [0.05, 0.1) is 11.2 Å². The Labute approximate surface area is 127 Å². The fraction of sp³-hybridized carbons (Fsp3) is 0.824. The van der Waals surface area contributed by atoms with E-state index in [9.17, 15) is 0 Å². The van der Waals surface area contributed by atoms with Gasteiger partial charge in [-0.15, -0.1) is 11.3 Å². The summed E-state index contributed by atoms with van der Waals surface area (Å²) in [5.74, 6) is 1.51. The van der Waals surface area contributed by atoms with E-state index in [1.807, 2.05) is 11.3 Å². The molecule has 0 amide bonds. The number of nitrogens with zero attached hydrogens (tertiary/aromatic N) is 1. The molecule has 3 rings (SSSR count). The summed E-state index contributed by atoms with van der Waals surface area (Å²) in [6.07, 6.45) is 9.12. The quantitative estimate of drug-likeness (QED) is 0.899. The molecule has 1 N–H and O–H groups in total. The summed E-state index contributed by atoms with van der Waals surface area (Å²) >= 11 is 2.01. The molecule has 20 heavy (non-hydrogen) atoms. The highest BCUT2D eigenvalue weighted by Crippen LogP contribution is 2.46. The lowest BCUT2D eigenvalue weighted by Gasteiger charge is -2.44. The molecule has 1 heterocycles. The van der Waals surface area contributed by atoms with Crippen LogP contribution in [-0.4, -0.2) is 11.5 Å². The normalized spacial score (nSPS) is 34.0. The van der Waals surface area contributed by atoms with E-state index < -0.39 is 0 Å². The van der Waals surface area contributed by atoms with Gasteiger partial charge in [0, 0.05) is 4.88 Å². The Morgan fingerprint density at radius 3 is 2.80 bits per heavy atom. The molecule has 1 aromatic rings. The molecule has 2 nitrogen and oxygen atoms in total. The first kappa shape index (κ1) is 14.5. The monoisotopic (exact) mass is 292 g/mol. The van der Waals surface area contributed by atoms with Gasteiger partial charge in [-0.25, -0.2) is 4.98 Å². The molecule has 0 aliphatic heterocycles. The van der Waals surface area contributed by atoms with E-state index in [1.54, 1.807) is 4.88 Å². The highest BCUT2D eigenvalue weighted by atomic mass is 32.1. The number of nitrogens with one attached hydrogen (secondary N) is 1. The minimum atomic E-state index is 0.147. The van der Waals surface area contributed by atoms with Crippen molar-refractivity contribution >= 4 is 11.3 Å². The van der Waals surface area contributed by atoms with E-state index in [0.29, 0.717) is 5.92 Å². The van der Waals surface area contributed by atoms with E-state index in [2.05, 4.69) is 26.1 Å². The van der Waals surface area contributed by atoms with E-state index in [4.69, 9.17) is 4.98 Å². The van der Waals surface area contributed by atoms with Crippen LogP contribution in [0.3, 0.4) is 0 Å². The third kappa shape index (κ3) is 2.43. The standard InChI is InChI=1S/C17H28N2S/c1-4-18-17(11-12(2)9-10-13(17)3)16-19-14-7-5-6-8-15(14)20-16/h12-13,18H,4-11H2,1-3H3. The largest absolute Gasteiger partial charge is 0.305 e. The average molecular weight is 292 g/mol. The van der Waals surface area contributed by atoms with Crippen LogP contribution in [0.4, 0.5) is 0 Å². The zero-order valence-electron chi connectivity index (χ0n) is 13.2. The number of aryl methyl sites for hydroxylation is 2. The van der Waals surface area contributed by atoms with Gasteiger partial charge in [0.1, 0.15) is 5.01 Å².